The molecule has 0 N–H and O–H groups in total. The van der Waals surface area contributed by atoms with E-state index in [1.54, 1.807) is 6.07 Å². The number of alkyl halides is 4. The van der Waals surface area contributed by atoms with E-state index < -0.39 is 11.7 Å². The van der Waals surface area contributed by atoms with E-state index in [-0.39, 0.29) is 11.6 Å². The molecule has 0 amide bonds. The van der Waals surface area contributed by atoms with Crippen LogP contribution in [-0.2, 0) is 12.1 Å². The van der Waals surface area contributed by atoms with E-state index in [2.05, 4.69) is 6.92 Å². The lowest BCUT2D eigenvalue weighted by atomic mass is 10.1. The van der Waals surface area contributed by atoms with Crippen molar-refractivity contribution in [1.29, 1.82) is 0 Å². The standard InChI is InChI=1S/C14H18ClF3O/c1-2-3-4-5-8-19-13-7-6-11(10-15)9-12(13)14(16,17)18/h6-7,9H,2-5,8,10H2,1H3. The molecule has 0 aliphatic carbocycles. The third-order valence-electron chi connectivity index (χ3n) is 2.76. The van der Waals surface area contributed by atoms with Gasteiger partial charge in [0.15, 0.2) is 0 Å². The van der Waals surface area contributed by atoms with Crippen LogP contribution < -0.4 is 4.74 Å². The maximum atomic E-state index is 12.9. The second-order valence-electron chi connectivity index (χ2n) is 4.37. The first-order chi connectivity index (χ1) is 8.99. The first kappa shape index (κ1) is 16.2. The van der Waals surface area contributed by atoms with E-state index in [4.69, 9.17) is 16.3 Å². The van der Waals surface area contributed by atoms with E-state index >= 15 is 0 Å². The number of hydrogen-bond acceptors (Lipinski definition) is 1. The maximum Gasteiger partial charge on any atom is 0.419 e. The van der Waals surface area contributed by atoms with Crippen LogP contribution in [0.2, 0.25) is 0 Å². The molecule has 0 saturated heterocycles. The van der Waals surface area contributed by atoms with Crippen molar-refractivity contribution >= 4 is 11.6 Å². The molecule has 1 nitrogen and oxygen atoms in total. The van der Waals surface area contributed by atoms with Gasteiger partial charge in [-0.15, -0.1) is 11.6 Å². The highest BCUT2D eigenvalue weighted by atomic mass is 35.5. The van der Waals surface area contributed by atoms with Crippen LogP contribution in [-0.4, -0.2) is 6.61 Å². The Kier molecular flexibility index (Phi) is 6.49. The maximum absolute atomic E-state index is 12.9. The predicted octanol–water partition coefficient (Wildman–Crippen LogP) is 5.40. The van der Waals surface area contributed by atoms with Crippen LogP contribution in [0.4, 0.5) is 13.2 Å². The Labute approximate surface area is 116 Å². The van der Waals surface area contributed by atoms with Gasteiger partial charge in [-0.2, -0.15) is 13.2 Å². The lowest BCUT2D eigenvalue weighted by Gasteiger charge is -2.15. The Morgan fingerprint density at radius 3 is 2.47 bits per heavy atom. The van der Waals surface area contributed by atoms with Crippen LogP contribution in [0, 0.1) is 0 Å². The number of ether oxygens (including phenoxy) is 1. The summed E-state index contributed by atoms with van der Waals surface area (Å²) >= 11 is 5.55. The van der Waals surface area contributed by atoms with Crippen LogP contribution in [0.15, 0.2) is 18.2 Å². The third kappa shape index (κ3) is 5.31. The Balaban J connectivity index is 2.71. The highest BCUT2D eigenvalue weighted by Gasteiger charge is 2.34. The molecular weight excluding hydrogens is 277 g/mol. The molecule has 1 aromatic rings. The van der Waals surface area contributed by atoms with Gasteiger partial charge < -0.3 is 4.74 Å². The average Bonchev–Trinajstić information content (AvgIpc) is 2.37. The third-order valence-corrected chi connectivity index (χ3v) is 3.07. The molecule has 108 valence electrons. The van der Waals surface area contributed by atoms with E-state index in [0.29, 0.717) is 12.2 Å². The van der Waals surface area contributed by atoms with Crippen molar-refractivity contribution in [2.75, 3.05) is 6.61 Å². The van der Waals surface area contributed by atoms with Crippen LogP contribution >= 0.6 is 11.6 Å². The largest absolute Gasteiger partial charge is 0.493 e. The molecule has 0 radical (unpaired) electrons. The summed E-state index contributed by atoms with van der Waals surface area (Å²) in [5, 5.41) is 0. The fourth-order valence-corrected chi connectivity index (χ4v) is 1.88. The first-order valence-electron chi connectivity index (χ1n) is 6.38. The van der Waals surface area contributed by atoms with Crippen molar-refractivity contribution in [3.05, 3.63) is 29.3 Å². The number of benzene rings is 1. The van der Waals surface area contributed by atoms with Gasteiger partial charge in [0.05, 0.1) is 12.2 Å². The summed E-state index contributed by atoms with van der Waals surface area (Å²) < 4.78 is 43.9. The second-order valence-corrected chi connectivity index (χ2v) is 4.64. The minimum atomic E-state index is -4.42. The monoisotopic (exact) mass is 294 g/mol. The molecule has 0 bridgehead atoms. The molecule has 5 heteroatoms. The van der Waals surface area contributed by atoms with Crippen LogP contribution in [0.3, 0.4) is 0 Å². The second kappa shape index (κ2) is 7.63. The summed E-state index contributed by atoms with van der Waals surface area (Å²) in [6.07, 6.45) is -0.528. The Morgan fingerprint density at radius 1 is 1.16 bits per heavy atom. The van der Waals surface area contributed by atoms with Gasteiger partial charge in [-0.05, 0) is 24.1 Å². The molecule has 0 heterocycles. The fraction of sp³-hybridized carbons (Fsp3) is 0.571. The van der Waals surface area contributed by atoms with Gasteiger partial charge in [0, 0.05) is 5.88 Å². The Hall–Kier alpha value is -0.900. The van der Waals surface area contributed by atoms with E-state index in [9.17, 15) is 13.2 Å². The van der Waals surface area contributed by atoms with Gasteiger partial charge in [0.25, 0.3) is 0 Å². The number of hydrogen-bond donors (Lipinski definition) is 0. The summed E-state index contributed by atoms with van der Waals surface area (Å²) in [4.78, 5) is 0. The zero-order valence-electron chi connectivity index (χ0n) is 10.9. The van der Waals surface area contributed by atoms with Crippen molar-refractivity contribution in [3.63, 3.8) is 0 Å². The Morgan fingerprint density at radius 2 is 1.89 bits per heavy atom. The van der Waals surface area contributed by atoms with Gasteiger partial charge in [0.2, 0.25) is 0 Å². The molecule has 0 atom stereocenters. The van der Waals surface area contributed by atoms with E-state index in [0.717, 1.165) is 31.7 Å². The molecule has 0 spiro atoms. The molecule has 19 heavy (non-hydrogen) atoms. The predicted molar refractivity (Wildman–Crippen MR) is 70.6 cm³/mol. The molecular formula is C14H18ClF3O. The molecule has 1 aromatic carbocycles. The summed E-state index contributed by atoms with van der Waals surface area (Å²) in [5.74, 6) is -0.0577. The van der Waals surface area contributed by atoms with E-state index in [1.807, 2.05) is 0 Å². The minimum absolute atomic E-state index is 0.0554. The lowest BCUT2D eigenvalue weighted by Crippen LogP contribution is -2.10. The zero-order valence-corrected chi connectivity index (χ0v) is 11.7. The summed E-state index contributed by atoms with van der Waals surface area (Å²) in [5.41, 5.74) is -0.312. The quantitative estimate of drug-likeness (QED) is 0.483. The topological polar surface area (TPSA) is 9.23 Å². The van der Waals surface area contributed by atoms with Crippen molar-refractivity contribution in [2.45, 2.75) is 44.7 Å². The van der Waals surface area contributed by atoms with Crippen LogP contribution in [0.25, 0.3) is 0 Å². The van der Waals surface area contributed by atoms with Crippen LogP contribution in [0.5, 0.6) is 5.75 Å². The average molecular weight is 295 g/mol. The van der Waals surface area contributed by atoms with Gasteiger partial charge in [-0.3, -0.25) is 0 Å². The normalized spacial score (nSPS) is 11.6. The first-order valence-corrected chi connectivity index (χ1v) is 6.91. The molecule has 0 aliphatic heterocycles. The van der Waals surface area contributed by atoms with Gasteiger partial charge in [-0.25, -0.2) is 0 Å². The smallest absolute Gasteiger partial charge is 0.419 e. The molecule has 0 aliphatic rings. The SMILES string of the molecule is CCCCCCOc1ccc(CCl)cc1C(F)(F)F. The molecule has 1 rings (SSSR count). The number of rotatable bonds is 7. The number of halogens is 4. The molecule has 0 saturated carbocycles. The van der Waals surface area contributed by atoms with Crippen molar-refractivity contribution < 1.29 is 17.9 Å². The van der Waals surface area contributed by atoms with Crippen molar-refractivity contribution in [2.24, 2.45) is 0 Å². The van der Waals surface area contributed by atoms with E-state index in [1.165, 1.54) is 6.07 Å². The van der Waals surface area contributed by atoms with Crippen molar-refractivity contribution in [3.8, 4) is 5.75 Å². The minimum Gasteiger partial charge on any atom is -0.493 e. The van der Waals surface area contributed by atoms with Gasteiger partial charge >= 0.3 is 6.18 Å². The summed E-state index contributed by atoms with van der Waals surface area (Å²) in [6, 6.07) is 3.96. The lowest BCUT2D eigenvalue weighted by molar-refractivity contribution is -0.139. The fourth-order valence-electron chi connectivity index (χ4n) is 1.72. The van der Waals surface area contributed by atoms with Gasteiger partial charge in [-0.1, -0.05) is 32.3 Å². The highest BCUT2D eigenvalue weighted by molar-refractivity contribution is 6.17. The summed E-state index contributed by atoms with van der Waals surface area (Å²) in [6.45, 7) is 2.39. The highest BCUT2D eigenvalue weighted by Crippen LogP contribution is 2.37. The van der Waals surface area contributed by atoms with Crippen LogP contribution in [0.1, 0.15) is 43.7 Å². The molecule has 0 unspecified atom stereocenters. The van der Waals surface area contributed by atoms with Gasteiger partial charge in [0.1, 0.15) is 5.75 Å². The number of unbranched alkanes of at least 4 members (excludes halogenated alkanes) is 3. The Bertz CT molecular complexity index is 391. The summed E-state index contributed by atoms with van der Waals surface area (Å²) in [7, 11) is 0. The zero-order chi connectivity index (χ0) is 14.3. The molecule has 0 aromatic heterocycles. The molecule has 0 fully saturated rings. The van der Waals surface area contributed by atoms with Crippen molar-refractivity contribution in [1.82, 2.24) is 0 Å².